The summed E-state index contributed by atoms with van der Waals surface area (Å²) >= 11 is 5.22. The van der Waals surface area contributed by atoms with Crippen LogP contribution in [0, 0.1) is 12.9 Å². The molecule has 0 aliphatic carbocycles. The van der Waals surface area contributed by atoms with Crippen molar-refractivity contribution in [1.82, 2.24) is 9.82 Å². The summed E-state index contributed by atoms with van der Waals surface area (Å²) in [4.78, 5) is 5.88. The number of nitrogens with zero attached hydrogens (tertiary/aromatic N) is 1. The molecule has 1 rings (SSSR count). The quantitative estimate of drug-likeness (QED) is 0.546. The predicted octanol–water partition coefficient (Wildman–Crippen LogP) is 1.77. The minimum atomic E-state index is -0.469. The predicted molar refractivity (Wildman–Crippen MR) is 41.6 cm³/mol. The summed E-state index contributed by atoms with van der Waals surface area (Å²) < 4.78 is 12.7. The third-order valence-corrected chi connectivity index (χ3v) is 1.44. The summed E-state index contributed by atoms with van der Waals surface area (Å²) in [5.41, 5.74) is 1.41. The van der Waals surface area contributed by atoms with E-state index in [1.165, 1.54) is 6.20 Å². The number of nitrogens with one attached hydrogen (secondary N) is 1. The van der Waals surface area contributed by atoms with Crippen LogP contribution in [0.4, 0.5) is 4.39 Å². The van der Waals surface area contributed by atoms with Gasteiger partial charge in [-0.3, -0.25) is 0 Å². The van der Waals surface area contributed by atoms with Crippen molar-refractivity contribution in [3.8, 4) is 0 Å². The van der Waals surface area contributed by atoms with Crippen molar-refractivity contribution in [2.24, 2.45) is 0 Å². The molecule has 0 aliphatic rings. The molecular formula is C7H8ClFN2. The van der Waals surface area contributed by atoms with E-state index < -0.39 is 5.95 Å². The number of aromatic nitrogens is 1. The Hall–Kier alpha value is -0.670. The Morgan fingerprint density at radius 3 is 3.09 bits per heavy atom. The molecule has 2 nitrogen and oxygen atoms in total. The van der Waals surface area contributed by atoms with Crippen molar-refractivity contribution in [2.45, 2.75) is 13.5 Å². The zero-order chi connectivity index (χ0) is 8.27. The van der Waals surface area contributed by atoms with Crippen molar-refractivity contribution >= 4 is 11.8 Å². The maximum atomic E-state index is 12.7. The summed E-state index contributed by atoms with van der Waals surface area (Å²) in [6, 6.07) is 1.71. The fourth-order valence-corrected chi connectivity index (χ4v) is 0.953. The van der Waals surface area contributed by atoms with Gasteiger partial charge in [0.2, 0.25) is 5.95 Å². The molecule has 0 aromatic carbocycles. The second-order valence-electron chi connectivity index (χ2n) is 2.27. The van der Waals surface area contributed by atoms with E-state index in [9.17, 15) is 4.39 Å². The smallest absolute Gasteiger partial charge is 0.217 e. The molecule has 0 radical (unpaired) electrons. The minimum Gasteiger partial charge on any atom is -0.229 e. The third-order valence-electron chi connectivity index (χ3n) is 1.31. The van der Waals surface area contributed by atoms with Crippen LogP contribution in [0.25, 0.3) is 0 Å². The lowest BCUT2D eigenvalue weighted by Gasteiger charge is -2.00. The van der Waals surface area contributed by atoms with Crippen molar-refractivity contribution in [3.05, 3.63) is 29.3 Å². The topological polar surface area (TPSA) is 24.9 Å². The molecule has 1 aromatic rings. The van der Waals surface area contributed by atoms with Crippen LogP contribution in [-0.2, 0) is 6.54 Å². The molecule has 0 fully saturated rings. The standard InChI is InChI=1S/C7H8ClFN2/c1-5-2-6(4-11-8)7(9)10-3-5/h2-3,11H,4H2,1H3. The average Bonchev–Trinajstić information content (AvgIpc) is 1.98. The third kappa shape index (κ3) is 2.13. The highest BCUT2D eigenvalue weighted by molar-refractivity contribution is 6.13. The minimum absolute atomic E-state index is 0.294. The Kier molecular flexibility index (Phi) is 2.79. The van der Waals surface area contributed by atoms with Crippen molar-refractivity contribution in [1.29, 1.82) is 0 Å². The van der Waals surface area contributed by atoms with E-state index in [0.717, 1.165) is 5.56 Å². The molecule has 60 valence electrons. The fourth-order valence-electron chi connectivity index (χ4n) is 0.809. The van der Waals surface area contributed by atoms with Gasteiger partial charge in [0.05, 0.1) is 0 Å². The summed E-state index contributed by atoms with van der Waals surface area (Å²) in [6.45, 7) is 2.15. The van der Waals surface area contributed by atoms with Crippen molar-refractivity contribution in [3.63, 3.8) is 0 Å². The van der Waals surface area contributed by atoms with E-state index in [4.69, 9.17) is 11.8 Å². The Balaban J connectivity index is 2.93. The van der Waals surface area contributed by atoms with Gasteiger partial charge in [-0.15, -0.1) is 0 Å². The van der Waals surface area contributed by atoms with Crippen LogP contribution >= 0.6 is 11.8 Å². The lowest BCUT2D eigenvalue weighted by atomic mass is 10.2. The first-order valence-electron chi connectivity index (χ1n) is 3.18. The van der Waals surface area contributed by atoms with Gasteiger partial charge >= 0.3 is 0 Å². The van der Waals surface area contributed by atoms with Gasteiger partial charge in [-0.05, 0) is 30.3 Å². The van der Waals surface area contributed by atoms with Crippen LogP contribution in [0.1, 0.15) is 11.1 Å². The van der Waals surface area contributed by atoms with Crippen LogP contribution in [0.15, 0.2) is 12.3 Å². The lowest BCUT2D eigenvalue weighted by Crippen LogP contribution is -2.03. The van der Waals surface area contributed by atoms with Crippen LogP contribution < -0.4 is 4.84 Å². The highest BCUT2D eigenvalue weighted by Gasteiger charge is 2.01. The SMILES string of the molecule is Cc1cnc(F)c(CNCl)c1. The average molecular weight is 175 g/mol. The van der Waals surface area contributed by atoms with Gasteiger partial charge in [0.25, 0.3) is 0 Å². The zero-order valence-electron chi connectivity index (χ0n) is 6.06. The maximum absolute atomic E-state index is 12.7. The van der Waals surface area contributed by atoms with Crippen molar-refractivity contribution < 1.29 is 4.39 Å². The number of rotatable bonds is 2. The lowest BCUT2D eigenvalue weighted by molar-refractivity contribution is 0.563. The summed E-state index contributed by atoms with van der Waals surface area (Å²) in [5, 5.41) is 0. The normalized spacial score (nSPS) is 10.1. The van der Waals surface area contributed by atoms with E-state index in [2.05, 4.69) is 9.82 Å². The summed E-state index contributed by atoms with van der Waals surface area (Å²) in [5.74, 6) is -0.469. The molecule has 0 unspecified atom stereocenters. The highest BCUT2D eigenvalue weighted by atomic mass is 35.5. The molecule has 1 heterocycles. The van der Waals surface area contributed by atoms with E-state index in [0.29, 0.717) is 12.1 Å². The molecule has 0 aliphatic heterocycles. The van der Waals surface area contributed by atoms with Gasteiger partial charge in [0.15, 0.2) is 0 Å². The fraction of sp³-hybridized carbons (Fsp3) is 0.286. The highest BCUT2D eigenvalue weighted by Crippen LogP contribution is 2.06. The molecule has 11 heavy (non-hydrogen) atoms. The molecule has 0 amide bonds. The van der Waals surface area contributed by atoms with Gasteiger partial charge in [-0.25, -0.2) is 9.82 Å². The number of aryl methyl sites for hydroxylation is 1. The van der Waals surface area contributed by atoms with Crippen molar-refractivity contribution in [2.75, 3.05) is 0 Å². The monoisotopic (exact) mass is 174 g/mol. The second kappa shape index (κ2) is 3.64. The Labute approximate surface area is 69.5 Å². The zero-order valence-corrected chi connectivity index (χ0v) is 6.82. The van der Waals surface area contributed by atoms with Gasteiger partial charge in [-0.1, -0.05) is 0 Å². The number of halogens is 2. The van der Waals surface area contributed by atoms with Crippen LogP contribution in [0.5, 0.6) is 0 Å². The maximum Gasteiger partial charge on any atom is 0.217 e. The molecule has 1 N–H and O–H groups in total. The molecule has 4 heteroatoms. The first kappa shape index (κ1) is 8.43. The van der Waals surface area contributed by atoms with E-state index in [1.807, 2.05) is 6.92 Å². The van der Waals surface area contributed by atoms with Crippen LogP contribution in [-0.4, -0.2) is 4.98 Å². The summed E-state index contributed by atoms with van der Waals surface area (Å²) in [7, 11) is 0. The molecular weight excluding hydrogens is 167 g/mol. The number of hydrogen-bond donors (Lipinski definition) is 1. The van der Waals surface area contributed by atoms with E-state index in [1.54, 1.807) is 6.07 Å². The number of pyridine rings is 1. The molecule has 0 saturated carbocycles. The molecule has 0 saturated heterocycles. The largest absolute Gasteiger partial charge is 0.229 e. The molecule has 1 aromatic heterocycles. The second-order valence-corrected chi connectivity index (χ2v) is 2.54. The number of hydrogen-bond acceptors (Lipinski definition) is 2. The van der Waals surface area contributed by atoms with E-state index >= 15 is 0 Å². The van der Waals surface area contributed by atoms with Gasteiger partial charge in [0, 0.05) is 18.3 Å². The Bertz CT molecular complexity index is 252. The van der Waals surface area contributed by atoms with E-state index in [-0.39, 0.29) is 0 Å². The van der Waals surface area contributed by atoms with Gasteiger partial charge < -0.3 is 0 Å². The molecule has 0 atom stereocenters. The van der Waals surface area contributed by atoms with Gasteiger partial charge in [0.1, 0.15) is 0 Å². The Morgan fingerprint density at radius 1 is 1.73 bits per heavy atom. The van der Waals surface area contributed by atoms with Gasteiger partial charge in [-0.2, -0.15) is 4.39 Å². The first-order valence-corrected chi connectivity index (χ1v) is 3.56. The van der Waals surface area contributed by atoms with Crippen LogP contribution in [0.2, 0.25) is 0 Å². The molecule has 0 bridgehead atoms. The summed E-state index contributed by atoms with van der Waals surface area (Å²) in [6.07, 6.45) is 1.48. The Morgan fingerprint density at radius 2 is 2.45 bits per heavy atom. The molecule has 0 spiro atoms. The first-order chi connectivity index (χ1) is 5.24. The van der Waals surface area contributed by atoms with Crippen LogP contribution in [0.3, 0.4) is 0 Å².